The van der Waals surface area contributed by atoms with Crippen molar-refractivity contribution in [2.45, 2.75) is 12.3 Å². The summed E-state index contributed by atoms with van der Waals surface area (Å²) in [5, 5.41) is 22.5. The standard InChI is InChI=1S/C19H15N5O4S/c25-16-10-13(11-23(16)14-6-2-1-3-7-14)18-21-22-19(29-18)20-17(26)12-5-4-8-15(9-12)24(27)28/h1-9,13H,10-11H2,(H,20,22,26). The number of hydrogen-bond acceptors (Lipinski definition) is 7. The molecule has 0 bridgehead atoms. The Morgan fingerprint density at radius 2 is 1.97 bits per heavy atom. The molecule has 1 aromatic heterocycles. The highest BCUT2D eigenvalue weighted by Gasteiger charge is 2.33. The average Bonchev–Trinajstić information content (AvgIpc) is 3.35. The third-order valence-electron chi connectivity index (χ3n) is 4.52. The maximum absolute atomic E-state index is 12.4. The average molecular weight is 409 g/mol. The van der Waals surface area contributed by atoms with Crippen LogP contribution in [0.4, 0.5) is 16.5 Å². The molecule has 1 aliphatic heterocycles. The van der Waals surface area contributed by atoms with Crippen molar-refractivity contribution < 1.29 is 14.5 Å². The predicted molar refractivity (Wildman–Crippen MR) is 107 cm³/mol. The Morgan fingerprint density at radius 3 is 2.72 bits per heavy atom. The summed E-state index contributed by atoms with van der Waals surface area (Å²) in [6.45, 7) is 0.496. The van der Waals surface area contributed by atoms with Crippen molar-refractivity contribution in [2.75, 3.05) is 16.8 Å². The number of aromatic nitrogens is 2. The van der Waals surface area contributed by atoms with Crippen molar-refractivity contribution >= 4 is 39.7 Å². The lowest BCUT2D eigenvalue weighted by molar-refractivity contribution is -0.384. The molecular formula is C19H15N5O4S. The van der Waals surface area contributed by atoms with Gasteiger partial charge in [-0.25, -0.2) is 0 Å². The third kappa shape index (κ3) is 3.97. The highest BCUT2D eigenvalue weighted by atomic mass is 32.1. The molecule has 4 rings (SSSR count). The summed E-state index contributed by atoms with van der Waals surface area (Å²) in [7, 11) is 0. The zero-order chi connectivity index (χ0) is 20.4. The summed E-state index contributed by atoms with van der Waals surface area (Å²) in [5.74, 6) is -0.605. The van der Waals surface area contributed by atoms with Crippen LogP contribution >= 0.6 is 11.3 Å². The van der Waals surface area contributed by atoms with Crippen LogP contribution in [0.25, 0.3) is 0 Å². The number of nitro groups is 1. The highest BCUT2D eigenvalue weighted by molar-refractivity contribution is 7.15. The van der Waals surface area contributed by atoms with E-state index in [4.69, 9.17) is 0 Å². The number of hydrogen-bond donors (Lipinski definition) is 1. The second-order valence-corrected chi connectivity index (χ2v) is 7.46. The lowest BCUT2D eigenvalue weighted by atomic mass is 10.1. The number of non-ortho nitro benzene ring substituents is 1. The molecule has 1 fully saturated rings. The fourth-order valence-electron chi connectivity index (χ4n) is 3.11. The topological polar surface area (TPSA) is 118 Å². The smallest absolute Gasteiger partial charge is 0.270 e. The Labute approximate surface area is 169 Å². The van der Waals surface area contributed by atoms with Crippen LogP contribution < -0.4 is 10.2 Å². The molecule has 1 saturated heterocycles. The number of anilines is 2. The van der Waals surface area contributed by atoms with E-state index in [-0.39, 0.29) is 28.2 Å². The van der Waals surface area contributed by atoms with E-state index in [0.29, 0.717) is 18.0 Å². The zero-order valence-corrected chi connectivity index (χ0v) is 15.8. The van der Waals surface area contributed by atoms with Crippen LogP contribution in [-0.2, 0) is 4.79 Å². The van der Waals surface area contributed by atoms with Crippen LogP contribution in [0.2, 0.25) is 0 Å². The Morgan fingerprint density at radius 1 is 1.17 bits per heavy atom. The predicted octanol–water partition coefficient (Wildman–Crippen LogP) is 3.22. The number of carbonyl (C=O) groups is 2. The molecule has 2 heterocycles. The third-order valence-corrected chi connectivity index (χ3v) is 5.52. The van der Waals surface area contributed by atoms with E-state index in [0.717, 1.165) is 5.69 Å². The summed E-state index contributed by atoms with van der Waals surface area (Å²) < 4.78 is 0. The van der Waals surface area contributed by atoms with Gasteiger partial charge in [0.15, 0.2) is 0 Å². The minimum Gasteiger partial charge on any atom is -0.312 e. The molecular weight excluding hydrogens is 394 g/mol. The number of para-hydroxylation sites is 1. The van der Waals surface area contributed by atoms with Crippen LogP contribution in [0.15, 0.2) is 54.6 Å². The first kappa shape index (κ1) is 18.7. The molecule has 1 atom stereocenters. The molecule has 29 heavy (non-hydrogen) atoms. The molecule has 0 spiro atoms. The SMILES string of the molecule is O=C(Nc1nnc(C2CC(=O)N(c3ccccc3)C2)s1)c1cccc([N+](=O)[O-])c1. The van der Waals surface area contributed by atoms with Crippen LogP contribution in [0.5, 0.6) is 0 Å². The largest absolute Gasteiger partial charge is 0.312 e. The number of amides is 2. The number of nitro benzene ring substituents is 1. The Hall–Kier alpha value is -3.66. The maximum atomic E-state index is 12.4. The van der Waals surface area contributed by atoms with Crippen molar-refractivity contribution in [3.8, 4) is 0 Å². The van der Waals surface area contributed by atoms with Crippen molar-refractivity contribution in [2.24, 2.45) is 0 Å². The summed E-state index contributed by atoms with van der Waals surface area (Å²) in [6.07, 6.45) is 0.322. The van der Waals surface area contributed by atoms with E-state index in [1.807, 2.05) is 30.3 Å². The second-order valence-electron chi connectivity index (χ2n) is 6.45. The Balaban J connectivity index is 1.45. The Kier molecular flexibility index (Phi) is 5.00. The molecule has 2 amide bonds. The van der Waals surface area contributed by atoms with Crippen LogP contribution in [0.3, 0.4) is 0 Å². The van der Waals surface area contributed by atoms with Gasteiger partial charge >= 0.3 is 0 Å². The number of nitrogens with one attached hydrogen (secondary N) is 1. The fourth-order valence-corrected chi connectivity index (χ4v) is 3.94. The summed E-state index contributed by atoms with van der Waals surface area (Å²) >= 11 is 1.20. The maximum Gasteiger partial charge on any atom is 0.270 e. The van der Waals surface area contributed by atoms with Gasteiger partial charge in [-0.3, -0.25) is 25.0 Å². The zero-order valence-electron chi connectivity index (χ0n) is 15.0. The molecule has 1 unspecified atom stereocenters. The monoisotopic (exact) mass is 409 g/mol. The Bertz CT molecular complexity index is 1080. The van der Waals surface area contributed by atoms with Crippen molar-refractivity contribution in [3.63, 3.8) is 0 Å². The lowest BCUT2D eigenvalue weighted by Gasteiger charge is -2.15. The van der Waals surface area contributed by atoms with E-state index in [2.05, 4.69) is 15.5 Å². The van der Waals surface area contributed by atoms with Gasteiger partial charge in [-0.1, -0.05) is 35.6 Å². The van der Waals surface area contributed by atoms with Gasteiger partial charge in [0.05, 0.1) is 4.92 Å². The molecule has 0 saturated carbocycles. The lowest BCUT2D eigenvalue weighted by Crippen LogP contribution is -2.24. The van der Waals surface area contributed by atoms with Gasteiger partial charge in [-0.05, 0) is 18.2 Å². The second kappa shape index (κ2) is 7.76. The molecule has 3 aromatic rings. The van der Waals surface area contributed by atoms with Gasteiger partial charge in [-0.15, -0.1) is 10.2 Å². The first-order chi connectivity index (χ1) is 14.0. The van der Waals surface area contributed by atoms with Gasteiger partial charge in [0.25, 0.3) is 11.6 Å². The van der Waals surface area contributed by atoms with Crippen LogP contribution in [0, 0.1) is 10.1 Å². The molecule has 1 aliphatic rings. The molecule has 0 aliphatic carbocycles. The quantitative estimate of drug-likeness (QED) is 0.511. The highest BCUT2D eigenvalue weighted by Crippen LogP contribution is 2.34. The van der Waals surface area contributed by atoms with E-state index >= 15 is 0 Å². The molecule has 0 radical (unpaired) electrons. The molecule has 9 nitrogen and oxygen atoms in total. The van der Waals surface area contributed by atoms with Crippen molar-refractivity contribution in [1.29, 1.82) is 0 Å². The van der Waals surface area contributed by atoms with Crippen LogP contribution in [0.1, 0.15) is 27.7 Å². The normalized spacial score (nSPS) is 16.1. The van der Waals surface area contributed by atoms with Gasteiger partial charge in [0.2, 0.25) is 11.0 Å². The summed E-state index contributed by atoms with van der Waals surface area (Å²) in [5.41, 5.74) is 0.826. The number of rotatable bonds is 5. The molecule has 2 aromatic carbocycles. The van der Waals surface area contributed by atoms with Gasteiger partial charge in [-0.2, -0.15) is 0 Å². The van der Waals surface area contributed by atoms with E-state index in [1.165, 1.54) is 35.6 Å². The molecule has 10 heteroatoms. The minimum atomic E-state index is -0.560. The van der Waals surface area contributed by atoms with Gasteiger partial charge in [0, 0.05) is 42.3 Å². The number of carbonyl (C=O) groups excluding carboxylic acids is 2. The summed E-state index contributed by atoms with van der Waals surface area (Å²) in [4.78, 5) is 36.7. The first-order valence-corrected chi connectivity index (χ1v) is 9.57. The first-order valence-electron chi connectivity index (χ1n) is 8.76. The van der Waals surface area contributed by atoms with E-state index in [9.17, 15) is 19.7 Å². The number of nitrogens with zero attached hydrogens (tertiary/aromatic N) is 4. The van der Waals surface area contributed by atoms with Crippen molar-refractivity contribution in [1.82, 2.24) is 10.2 Å². The number of benzene rings is 2. The van der Waals surface area contributed by atoms with E-state index < -0.39 is 10.8 Å². The summed E-state index contributed by atoms with van der Waals surface area (Å²) in [6, 6.07) is 14.8. The van der Waals surface area contributed by atoms with Gasteiger partial charge in [0.1, 0.15) is 5.01 Å². The fraction of sp³-hybridized carbons (Fsp3) is 0.158. The molecule has 146 valence electrons. The van der Waals surface area contributed by atoms with Crippen LogP contribution in [-0.4, -0.2) is 33.5 Å². The molecule has 1 N–H and O–H groups in total. The van der Waals surface area contributed by atoms with Gasteiger partial charge < -0.3 is 4.90 Å². The van der Waals surface area contributed by atoms with E-state index in [1.54, 1.807) is 4.90 Å². The van der Waals surface area contributed by atoms with Crippen molar-refractivity contribution in [3.05, 3.63) is 75.3 Å². The minimum absolute atomic E-state index is 0.0126.